The predicted octanol–water partition coefficient (Wildman–Crippen LogP) is 1.50. The zero-order valence-corrected chi connectivity index (χ0v) is 11.2. The van der Waals surface area contributed by atoms with Gasteiger partial charge in [-0.05, 0) is 31.9 Å². The molecule has 0 bridgehead atoms. The summed E-state index contributed by atoms with van der Waals surface area (Å²) in [5, 5.41) is 12.7. The number of aliphatic carboxylic acids is 1. The van der Waals surface area contributed by atoms with E-state index in [9.17, 15) is 9.59 Å². The minimum atomic E-state index is -1.04. The van der Waals surface area contributed by atoms with E-state index in [1.165, 1.54) is 18.9 Å². The lowest BCUT2D eigenvalue weighted by Crippen LogP contribution is -2.40. The fourth-order valence-corrected chi connectivity index (χ4v) is 1.70. The number of carbonyl (C=O) groups excluding carboxylic acids is 1. The van der Waals surface area contributed by atoms with Crippen molar-refractivity contribution < 1.29 is 19.2 Å². The molecule has 0 radical (unpaired) electrons. The second-order valence-corrected chi connectivity index (χ2v) is 4.38. The van der Waals surface area contributed by atoms with Crippen molar-refractivity contribution in [2.75, 3.05) is 7.05 Å². The van der Waals surface area contributed by atoms with Crippen molar-refractivity contribution in [3.63, 3.8) is 0 Å². The average molecular weight is 275 g/mol. The molecule has 18 heavy (non-hydrogen) atoms. The molecule has 1 atom stereocenters. The van der Waals surface area contributed by atoms with Crippen LogP contribution in [0.25, 0.3) is 0 Å². The molecule has 1 rings (SSSR count). The summed E-state index contributed by atoms with van der Waals surface area (Å²) in [5.74, 6) is -1.30. The van der Waals surface area contributed by atoms with Crippen molar-refractivity contribution in [2.24, 2.45) is 0 Å². The van der Waals surface area contributed by atoms with Crippen LogP contribution < -0.4 is 0 Å². The van der Waals surface area contributed by atoms with Gasteiger partial charge in [-0.25, -0.2) is 4.79 Å². The number of aryl methyl sites for hydroxylation is 1. The number of carboxylic acid groups (broad SMARTS) is 1. The number of carbonyl (C=O) groups is 2. The van der Waals surface area contributed by atoms with Crippen LogP contribution in [0.2, 0.25) is 5.22 Å². The molecule has 0 aliphatic heterocycles. The highest BCUT2D eigenvalue weighted by molar-refractivity contribution is 6.29. The summed E-state index contributed by atoms with van der Waals surface area (Å²) in [6.45, 7) is 3.19. The van der Waals surface area contributed by atoms with Crippen molar-refractivity contribution in [1.82, 2.24) is 10.1 Å². The molecule has 0 fully saturated rings. The van der Waals surface area contributed by atoms with E-state index < -0.39 is 12.0 Å². The number of carboxylic acids is 1. The zero-order chi connectivity index (χ0) is 13.9. The van der Waals surface area contributed by atoms with Crippen LogP contribution in [-0.4, -0.2) is 40.1 Å². The highest BCUT2D eigenvalue weighted by Gasteiger charge is 2.22. The third kappa shape index (κ3) is 3.22. The van der Waals surface area contributed by atoms with Crippen molar-refractivity contribution in [3.8, 4) is 0 Å². The molecule has 7 heteroatoms. The second kappa shape index (κ2) is 5.86. The molecule has 0 aliphatic carbocycles. The summed E-state index contributed by atoms with van der Waals surface area (Å²) >= 11 is 5.77. The van der Waals surface area contributed by atoms with Crippen molar-refractivity contribution in [1.29, 1.82) is 0 Å². The molecule has 1 unspecified atom stereocenters. The van der Waals surface area contributed by atoms with Crippen molar-refractivity contribution in [3.05, 3.63) is 16.5 Å². The smallest absolute Gasteiger partial charge is 0.326 e. The molecular formula is C11H15ClN2O4. The minimum Gasteiger partial charge on any atom is -0.480 e. The molecule has 1 aromatic heterocycles. The lowest BCUT2D eigenvalue weighted by Gasteiger charge is -2.21. The number of aromatic nitrogens is 1. The predicted molar refractivity (Wildman–Crippen MR) is 64.4 cm³/mol. The van der Waals surface area contributed by atoms with Gasteiger partial charge in [0, 0.05) is 19.0 Å². The summed E-state index contributed by atoms with van der Waals surface area (Å²) in [6.07, 6.45) is 0.541. The van der Waals surface area contributed by atoms with Crippen LogP contribution in [0.1, 0.15) is 24.6 Å². The van der Waals surface area contributed by atoms with Gasteiger partial charge in [-0.15, -0.1) is 0 Å². The molecular weight excluding hydrogens is 260 g/mol. The van der Waals surface area contributed by atoms with Crippen LogP contribution in [0, 0.1) is 6.92 Å². The van der Waals surface area contributed by atoms with Gasteiger partial charge < -0.3 is 14.5 Å². The van der Waals surface area contributed by atoms with Crippen LogP contribution in [0.15, 0.2) is 4.52 Å². The third-order valence-electron chi connectivity index (χ3n) is 2.86. The lowest BCUT2D eigenvalue weighted by molar-refractivity contribution is -0.148. The van der Waals surface area contributed by atoms with E-state index in [1.54, 1.807) is 6.92 Å². The van der Waals surface area contributed by atoms with Gasteiger partial charge in [0.05, 0.1) is 5.69 Å². The molecule has 1 amide bonds. The molecule has 0 spiro atoms. The Hall–Kier alpha value is -1.56. The van der Waals surface area contributed by atoms with E-state index in [4.69, 9.17) is 21.2 Å². The summed E-state index contributed by atoms with van der Waals surface area (Å²) in [7, 11) is 1.46. The van der Waals surface area contributed by atoms with Crippen molar-refractivity contribution >= 4 is 23.5 Å². The Balaban J connectivity index is 2.59. The first-order valence-corrected chi connectivity index (χ1v) is 5.81. The topological polar surface area (TPSA) is 83.6 Å². The van der Waals surface area contributed by atoms with Crippen LogP contribution in [0.3, 0.4) is 0 Å². The Morgan fingerprint density at radius 3 is 2.61 bits per heavy atom. The number of halogens is 1. The Morgan fingerprint density at radius 2 is 2.17 bits per heavy atom. The highest BCUT2D eigenvalue weighted by atomic mass is 35.5. The molecule has 1 heterocycles. The minimum absolute atomic E-state index is 0.163. The number of hydrogen-bond donors (Lipinski definition) is 1. The molecule has 1 N–H and O–H groups in total. The van der Waals surface area contributed by atoms with Crippen LogP contribution in [-0.2, 0) is 16.0 Å². The Kier molecular flexibility index (Phi) is 4.72. The van der Waals surface area contributed by atoms with E-state index in [0.29, 0.717) is 17.7 Å². The molecule has 0 saturated carbocycles. The first kappa shape index (κ1) is 14.5. The number of hydrogen-bond acceptors (Lipinski definition) is 4. The fourth-order valence-electron chi connectivity index (χ4n) is 1.43. The van der Waals surface area contributed by atoms with Crippen LogP contribution in [0.5, 0.6) is 0 Å². The molecule has 0 saturated heterocycles. The quantitative estimate of drug-likeness (QED) is 0.880. The number of amides is 1. The first-order chi connectivity index (χ1) is 8.34. The van der Waals surface area contributed by atoms with Gasteiger partial charge in [0.1, 0.15) is 6.04 Å². The maximum atomic E-state index is 11.8. The average Bonchev–Trinajstić information content (AvgIpc) is 2.64. The van der Waals surface area contributed by atoms with Gasteiger partial charge in [0.2, 0.25) is 11.1 Å². The number of rotatable bonds is 5. The van der Waals surface area contributed by atoms with Crippen LogP contribution >= 0.6 is 11.6 Å². The monoisotopic (exact) mass is 274 g/mol. The van der Waals surface area contributed by atoms with Gasteiger partial charge in [-0.2, -0.15) is 0 Å². The van der Waals surface area contributed by atoms with Crippen LogP contribution in [0.4, 0.5) is 0 Å². The molecule has 1 aromatic rings. The van der Waals surface area contributed by atoms with Gasteiger partial charge in [0.25, 0.3) is 0 Å². The Labute approximate surface area is 109 Å². The highest BCUT2D eigenvalue weighted by Crippen LogP contribution is 2.20. The van der Waals surface area contributed by atoms with Gasteiger partial charge in [0.15, 0.2) is 0 Å². The summed E-state index contributed by atoms with van der Waals surface area (Å²) in [5.41, 5.74) is 1.32. The standard InChI is InChI=1S/C11H15ClN2O4/c1-6-8(10(12)18-13-6)4-5-9(15)14(3)7(2)11(16)17/h7H,4-5H2,1-3H3,(H,16,17). The first-order valence-electron chi connectivity index (χ1n) is 5.43. The Bertz CT molecular complexity index is 438. The molecule has 0 aromatic carbocycles. The van der Waals surface area contributed by atoms with E-state index in [2.05, 4.69) is 5.16 Å². The van der Waals surface area contributed by atoms with Crippen molar-refractivity contribution in [2.45, 2.75) is 32.7 Å². The normalized spacial score (nSPS) is 12.2. The number of nitrogens with zero attached hydrogens (tertiary/aromatic N) is 2. The molecule has 6 nitrogen and oxygen atoms in total. The molecule has 0 aliphatic rings. The fraction of sp³-hybridized carbons (Fsp3) is 0.545. The number of likely N-dealkylation sites (N-methyl/N-ethyl adjacent to an activating group) is 1. The SMILES string of the molecule is Cc1noc(Cl)c1CCC(=O)N(C)C(C)C(=O)O. The van der Waals surface area contributed by atoms with E-state index in [1.807, 2.05) is 0 Å². The van der Waals surface area contributed by atoms with Gasteiger partial charge in [-0.3, -0.25) is 4.79 Å². The summed E-state index contributed by atoms with van der Waals surface area (Å²) in [6, 6.07) is -0.850. The maximum absolute atomic E-state index is 11.8. The maximum Gasteiger partial charge on any atom is 0.326 e. The van der Waals surface area contributed by atoms with Gasteiger partial charge >= 0.3 is 5.97 Å². The van der Waals surface area contributed by atoms with E-state index in [0.717, 1.165) is 0 Å². The Morgan fingerprint density at radius 1 is 1.56 bits per heavy atom. The second-order valence-electron chi connectivity index (χ2n) is 4.04. The zero-order valence-electron chi connectivity index (χ0n) is 10.4. The molecule has 100 valence electrons. The summed E-state index contributed by atoms with van der Waals surface area (Å²) in [4.78, 5) is 23.7. The summed E-state index contributed by atoms with van der Waals surface area (Å²) < 4.78 is 4.77. The van der Waals surface area contributed by atoms with E-state index >= 15 is 0 Å². The van der Waals surface area contributed by atoms with Gasteiger partial charge in [-0.1, -0.05) is 5.16 Å². The largest absolute Gasteiger partial charge is 0.480 e. The lowest BCUT2D eigenvalue weighted by atomic mass is 10.1. The van der Waals surface area contributed by atoms with E-state index in [-0.39, 0.29) is 17.5 Å². The third-order valence-corrected chi connectivity index (χ3v) is 3.15.